The molecule has 2 aromatic rings. The quantitative estimate of drug-likeness (QED) is 0.774. The highest BCUT2D eigenvalue weighted by atomic mass is 16.4. The normalized spacial score (nSPS) is 11.4. The van der Waals surface area contributed by atoms with Gasteiger partial charge in [0.05, 0.1) is 5.56 Å². The number of nitrogens with one attached hydrogen (secondary N) is 1. The van der Waals surface area contributed by atoms with Crippen LogP contribution < -0.4 is 0 Å². The van der Waals surface area contributed by atoms with E-state index in [1.807, 2.05) is 6.20 Å². The fraction of sp³-hybridized carbons (Fsp3) is 0.400. The fourth-order valence-corrected chi connectivity index (χ4v) is 2.37. The number of carboxylic acids is 1. The number of aryl methyl sites for hydroxylation is 1. The summed E-state index contributed by atoms with van der Waals surface area (Å²) in [6.07, 6.45) is 3.34. The standard InChI is InChI=1S/C15H19NO3/c1-9(2)12-6-11(15(18)19)7-13-10(4-3-5-17)8-16-14(12)13/h6-9,16-17H,3-5H2,1-2H3,(H,18,19). The second-order valence-electron chi connectivity index (χ2n) is 5.09. The minimum atomic E-state index is -0.905. The molecule has 2 rings (SSSR count). The summed E-state index contributed by atoms with van der Waals surface area (Å²) in [5.41, 5.74) is 3.41. The van der Waals surface area contributed by atoms with E-state index in [0.29, 0.717) is 12.0 Å². The molecule has 0 bridgehead atoms. The van der Waals surface area contributed by atoms with Crippen LogP contribution in [0.1, 0.15) is 47.7 Å². The number of aliphatic hydroxyl groups is 1. The molecule has 0 atom stereocenters. The van der Waals surface area contributed by atoms with E-state index in [0.717, 1.165) is 28.5 Å². The van der Waals surface area contributed by atoms with Crippen molar-refractivity contribution in [1.29, 1.82) is 0 Å². The van der Waals surface area contributed by atoms with Gasteiger partial charge in [0.25, 0.3) is 0 Å². The fourth-order valence-electron chi connectivity index (χ4n) is 2.37. The predicted octanol–water partition coefficient (Wildman–Crippen LogP) is 2.91. The van der Waals surface area contributed by atoms with Crippen LogP contribution in [0.5, 0.6) is 0 Å². The molecule has 0 saturated carbocycles. The third-order valence-corrected chi connectivity index (χ3v) is 3.38. The topological polar surface area (TPSA) is 73.3 Å². The monoisotopic (exact) mass is 261 g/mol. The van der Waals surface area contributed by atoms with E-state index in [4.69, 9.17) is 5.11 Å². The molecule has 4 heteroatoms. The van der Waals surface area contributed by atoms with Crippen molar-refractivity contribution < 1.29 is 15.0 Å². The molecule has 0 fully saturated rings. The lowest BCUT2D eigenvalue weighted by Gasteiger charge is -2.09. The number of aromatic nitrogens is 1. The van der Waals surface area contributed by atoms with Crippen LogP contribution >= 0.6 is 0 Å². The zero-order chi connectivity index (χ0) is 14.0. The largest absolute Gasteiger partial charge is 0.478 e. The molecule has 0 saturated heterocycles. The number of carboxylic acid groups (broad SMARTS) is 1. The average Bonchev–Trinajstić information content (AvgIpc) is 2.77. The van der Waals surface area contributed by atoms with Gasteiger partial charge in [-0.2, -0.15) is 0 Å². The van der Waals surface area contributed by atoms with Gasteiger partial charge in [-0.15, -0.1) is 0 Å². The van der Waals surface area contributed by atoms with Gasteiger partial charge in [-0.25, -0.2) is 4.79 Å². The van der Waals surface area contributed by atoms with E-state index in [9.17, 15) is 9.90 Å². The second kappa shape index (κ2) is 5.45. The van der Waals surface area contributed by atoms with E-state index < -0.39 is 5.97 Å². The van der Waals surface area contributed by atoms with E-state index in [1.165, 1.54) is 0 Å². The molecule has 1 aromatic heterocycles. The third kappa shape index (κ3) is 2.63. The first-order valence-electron chi connectivity index (χ1n) is 6.52. The molecule has 0 aliphatic rings. The maximum Gasteiger partial charge on any atom is 0.335 e. The van der Waals surface area contributed by atoms with Gasteiger partial charge in [0.2, 0.25) is 0 Å². The number of H-pyrrole nitrogens is 1. The molecule has 0 unspecified atom stereocenters. The van der Waals surface area contributed by atoms with Crippen LogP contribution in [0.25, 0.3) is 10.9 Å². The Morgan fingerprint density at radius 1 is 1.37 bits per heavy atom. The molecule has 0 aliphatic carbocycles. The number of aliphatic hydroxyl groups excluding tert-OH is 1. The van der Waals surface area contributed by atoms with Crippen LogP contribution in [0.4, 0.5) is 0 Å². The molecule has 1 aromatic carbocycles. The van der Waals surface area contributed by atoms with Crippen molar-refractivity contribution in [3.63, 3.8) is 0 Å². The highest BCUT2D eigenvalue weighted by Crippen LogP contribution is 2.29. The number of rotatable bonds is 5. The van der Waals surface area contributed by atoms with Crippen LogP contribution in [0.15, 0.2) is 18.3 Å². The van der Waals surface area contributed by atoms with Crippen molar-refractivity contribution in [3.8, 4) is 0 Å². The van der Waals surface area contributed by atoms with Gasteiger partial charge in [-0.1, -0.05) is 13.8 Å². The summed E-state index contributed by atoms with van der Waals surface area (Å²) in [5.74, 6) is -0.649. The number of aromatic carboxylic acids is 1. The molecular weight excluding hydrogens is 242 g/mol. The average molecular weight is 261 g/mol. The summed E-state index contributed by atoms with van der Waals surface area (Å²) >= 11 is 0. The highest BCUT2D eigenvalue weighted by Gasteiger charge is 2.14. The van der Waals surface area contributed by atoms with Gasteiger partial charge in [0, 0.05) is 23.7 Å². The maximum absolute atomic E-state index is 11.2. The van der Waals surface area contributed by atoms with E-state index >= 15 is 0 Å². The number of carbonyl (C=O) groups is 1. The number of fused-ring (bicyclic) bond motifs is 1. The van der Waals surface area contributed by atoms with Crippen molar-refractivity contribution in [3.05, 3.63) is 35.0 Å². The Morgan fingerprint density at radius 3 is 2.68 bits per heavy atom. The molecule has 3 N–H and O–H groups in total. The number of benzene rings is 1. The van der Waals surface area contributed by atoms with E-state index in [1.54, 1.807) is 12.1 Å². The second-order valence-corrected chi connectivity index (χ2v) is 5.09. The molecule has 19 heavy (non-hydrogen) atoms. The van der Waals surface area contributed by atoms with Crippen molar-refractivity contribution in [2.45, 2.75) is 32.6 Å². The summed E-state index contributed by atoms with van der Waals surface area (Å²) in [6, 6.07) is 3.45. The molecule has 4 nitrogen and oxygen atoms in total. The number of hydrogen-bond donors (Lipinski definition) is 3. The predicted molar refractivity (Wildman–Crippen MR) is 74.8 cm³/mol. The Labute approximate surface area is 112 Å². The van der Waals surface area contributed by atoms with Gasteiger partial charge >= 0.3 is 5.97 Å². The van der Waals surface area contributed by atoms with Crippen LogP contribution in [-0.4, -0.2) is 27.8 Å². The first-order chi connectivity index (χ1) is 9.04. The van der Waals surface area contributed by atoms with Crippen molar-refractivity contribution in [2.75, 3.05) is 6.61 Å². The van der Waals surface area contributed by atoms with Gasteiger partial charge < -0.3 is 15.2 Å². The lowest BCUT2D eigenvalue weighted by molar-refractivity contribution is 0.0697. The zero-order valence-corrected chi connectivity index (χ0v) is 11.2. The van der Waals surface area contributed by atoms with Gasteiger partial charge in [-0.05, 0) is 42.0 Å². The zero-order valence-electron chi connectivity index (χ0n) is 11.2. The third-order valence-electron chi connectivity index (χ3n) is 3.38. The van der Waals surface area contributed by atoms with Crippen LogP contribution in [-0.2, 0) is 6.42 Å². The number of hydrogen-bond acceptors (Lipinski definition) is 2. The smallest absolute Gasteiger partial charge is 0.335 e. The molecule has 0 radical (unpaired) electrons. The summed E-state index contributed by atoms with van der Waals surface area (Å²) < 4.78 is 0. The molecule has 102 valence electrons. The number of aromatic amines is 1. The molecule has 0 amide bonds. The SMILES string of the molecule is CC(C)c1cc(C(=O)O)cc2c(CCCO)c[nH]c12. The minimum Gasteiger partial charge on any atom is -0.478 e. The van der Waals surface area contributed by atoms with Crippen LogP contribution in [0.2, 0.25) is 0 Å². The maximum atomic E-state index is 11.2. The van der Waals surface area contributed by atoms with Crippen molar-refractivity contribution in [1.82, 2.24) is 4.98 Å². The summed E-state index contributed by atoms with van der Waals surface area (Å²) in [4.78, 5) is 14.5. The van der Waals surface area contributed by atoms with E-state index in [2.05, 4.69) is 18.8 Å². The minimum absolute atomic E-state index is 0.141. The Bertz CT molecular complexity index is 599. The Kier molecular flexibility index (Phi) is 3.90. The molecular formula is C15H19NO3. The first kappa shape index (κ1) is 13.6. The van der Waals surface area contributed by atoms with E-state index in [-0.39, 0.29) is 12.5 Å². The Hall–Kier alpha value is -1.81. The molecule has 1 heterocycles. The molecule has 0 spiro atoms. The Balaban J connectivity index is 2.60. The van der Waals surface area contributed by atoms with Gasteiger partial charge in [-0.3, -0.25) is 0 Å². The molecule has 0 aliphatic heterocycles. The van der Waals surface area contributed by atoms with Crippen molar-refractivity contribution in [2.24, 2.45) is 0 Å². The van der Waals surface area contributed by atoms with Crippen molar-refractivity contribution >= 4 is 16.9 Å². The van der Waals surface area contributed by atoms with Gasteiger partial charge in [0.1, 0.15) is 0 Å². The van der Waals surface area contributed by atoms with Crippen LogP contribution in [0.3, 0.4) is 0 Å². The summed E-state index contributed by atoms with van der Waals surface area (Å²) in [6.45, 7) is 4.24. The lowest BCUT2D eigenvalue weighted by atomic mass is 9.96. The van der Waals surface area contributed by atoms with Crippen LogP contribution in [0, 0.1) is 0 Å². The summed E-state index contributed by atoms with van der Waals surface area (Å²) in [5, 5.41) is 19.1. The lowest BCUT2D eigenvalue weighted by Crippen LogP contribution is -2.00. The summed E-state index contributed by atoms with van der Waals surface area (Å²) in [7, 11) is 0. The highest BCUT2D eigenvalue weighted by molar-refractivity contribution is 5.96. The first-order valence-corrected chi connectivity index (χ1v) is 6.52. The Morgan fingerprint density at radius 2 is 2.11 bits per heavy atom. The van der Waals surface area contributed by atoms with Gasteiger partial charge in [0.15, 0.2) is 0 Å².